The van der Waals surface area contributed by atoms with E-state index in [0.717, 1.165) is 16.7 Å². The number of carbonyl (C=O) groups excluding carboxylic acids is 1. The van der Waals surface area contributed by atoms with Crippen molar-refractivity contribution in [2.24, 2.45) is 4.99 Å². The third kappa shape index (κ3) is 3.60. The van der Waals surface area contributed by atoms with Crippen molar-refractivity contribution in [2.45, 2.75) is 19.4 Å². The second-order valence-electron chi connectivity index (χ2n) is 4.48. The second-order valence-corrected chi connectivity index (χ2v) is 4.48. The largest absolute Gasteiger partial charge is 0.235 e. The average Bonchev–Trinajstić information content (AvgIpc) is 2.39. The maximum Gasteiger partial charge on any atom is 0.235 e. The molecule has 0 spiro atoms. The Morgan fingerprint density at radius 2 is 1.95 bits per heavy atom. The van der Waals surface area contributed by atoms with Crippen molar-refractivity contribution in [2.75, 3.05) is 0 Å². The molecule has 2 rings (SSSR count). The fraction of sp³-hybridized carbons (Fsp3) is 0.188. The van der Waals surface area contributed by atoms with E-state index < -0.39 is 0 Å². The van der Waals surface area contributed by atoms with E-state index in [1.807, 2.05) is 25.1 Å². The van der Waals surface area contributed by atoms with Crippen molar-refractivity contribution in [1.82, 2.24) is 0 Å². The first-order valence-corrected chi connectivity index (χ1v) is 6.07. The van der Waals surface area contributed by atoms with Crippen LogP contribution >= 0.6 is 0 Å². The van der Waals surface area contributed by atoms with Crippen LogP contribution in [-0.2, 0) is 11.2 Å². The lowest BCUT2D eigenvalue weighted by atomic mass is 9.98. The summed E-state index contributed by atoms with van der Waals surface area (Å²) in [6.45, 7) is 2.01. The van der Waals surface area contributed by atoms with Gasteiger partial charge in [0, 0.05) is 0 Å². The Morgan fingerprint density at radius 1 is 1.21 bits per heavy atom. The van der Waals surface area contributed by atoms with E-state index >= 15 is 0 Å². The molecule has 3 heteroatoms. The lowest BCUT2D eigenvalue weighted by molar-refractivity contribution is 0.557. The molecule has 0 amide bonds. The van der Waals surface area contributed by atoms with E-state index in [-0.39, 0.29) is 11.9 Å². The molecule has 0 bridgehead atoms. The Balaban J connectivity index is 2.26. The van der Waals surface area contributed by atoms with Gasteiger partial charge in [-0.15, -0.1) is 0 Å². The number of halogens is 1. The fourth-order valence-corrected chi connectivity index (χ4v) is 2.05. The van der Waals surface area contributed by atoms with Crippen molar-refractivity contribution in [3.63, 3.8) is 0 Å². The third-order valence-corrected chi connectivity index (χ3v) is 2.97. The van der Waals surface area contributed by atoms with Gasteiger partial charge < -0.3 is 0 Å². The lowest BCUT2D eigenvalue weighted by Crippen LogP contribution is -2.00. The molecule has 1 unspecified atom stereocenters. The SMILES string of the molecule is Cc1cccc(CC(N=C=O)c2ccc(F)cc2)c1. The third-order valence-electron chi connectivity index (χ3n) is 2.97. The summed E-state index contributed by atoms with van der Waals surface area (Å²) in [7, 11) is 0. The summed E-state index contributed by atoms with van der Waals surface area (Å²) in [5, 5.41) is 0. The minimum Gasteiger partial charge on any atom is -0.211 e. The molecule has 0 fully saturated rings. The smallest absolute Gasteiger partial charge is 0.211 e. The van der Waals surface area contributed by atoms with Crippen molar-refractivity contribution in [3.05, 3.63) is 71.0 Å². The number of nitrogens with zero attached hydrogens (tertiary/aromatic N) is 1. The predicted molar refractivity (Wildman–Crippen MR) is 72.1 cm³/mol. The molecule has 0 N–H and O–H groups in total. The van der Waals surface area contributed by atoms with Crippen LogP contribution in [0.4, 0.5) is 4.39 Å². The van der Waals surface area contributed by atoms with Crippen LogP contribution in [0.1, 0.15) is 22.7 Å². The van der Waals surface area contributed by atoms with E-state index in [2.05, 4.69) is 11.1 Å². The van der Waals surface area contributed by atoms with Gasteiger partial charge in [-0.1, -0.05) is 42.0 Å². The van der Waals surface area contributed by atoms with Gasteiger partial charge in [-0.3, -0.25) is 0 Å². The summed E-state index contributed by atoms with van der Waals surface area (Å²) in [4.78, 5) is 14.4. The second kappa shape index (κ2) is 6.07. The first-order valence-electron chi connectivity index (χ1n) is 6.07. The minimum absolute atomic E-state index is 0.298. The summed E-state index contributed by atoms with van der Waals surface area (Å²) < 4.78 is 12.9. The number of aliphatic imine (C=N–C) groups is 1. The zero-order valence-electron chi connectivity index (χ0n) is 10.6. The maximum atomic E-state index is 12.9. The predicted octanol–water partition coefficient (Wildman–Crippen LogP) is 3.75. The van der Waals surface area contributed by atoms with Gasteiger partial charge in [0.1, 0.15) is 5.82 Å². The van der Waals surface area contributed by atoms with Gasteiger partial charge in [-0.2, -0.15) is 4.99 Å². The number of aryl methyl sites for hydroxylation is 1. The van der Waals surface area contributed by atoms with Gasteiger partial charge in [-0.05, 0) is 36.6 Å². The van der Waals surface area contributed by atoms with Crippen LogP contribution in [0.2, 0.25) is 0 Å². The van der Waals surface area contributed by atoms with E-state index in [1.54, 1.807) is 18.2 Å². The van der Waals surface area contributed by atoms with Crippen molar-refractivity contribution < 1.29 is 9.18 Å². The molecule has 0 heterocycles. The highest BCUT2D eigenvalue weighted by molar-refractivity contribution is 5.36. The summed E-state index contributed by atoms with van der Waals surface area (Å²) in [6, 6.07) is 13.8. The molecule has 19 heavy (non-hydrogen) atoms. The first-order chi connectivity index (χ1) is 9.19. The van der Waals surface area contributed by atoms with Crippen LogP contribution in [0.25, 0.3) is 0 Å². The standard InChI is InChI=1S/C16H14FNO/c1-12-3-2-4-13(9-12)10-16(18-11-19)14-5-7-15(17)8-6-14/h2-9,16H,10H2,1H3. The molecule has 0 saturated carbocycles. The molecule has 0 aliphatic heterocycles. The van der Waals surface area contributed by atoms with Gasteiger partial charge in [0.15, 0.2) is 0 Å². The van der Waals surface area contributed by atoms with Crippen LogP contribution in [0.5, 0.6) is 0 Å². The van der Waals surface area contributed by atoms with Crippen LogP contribution in [0.15, 0.2) is 53.5 Å². The summed E-state index contributed by atoms with van der Waals surface area (Å²) >= 11 is 0. The van der Waals surface area contributed by atoms with Crippen molar-refractivity contribution in [1.29, 1.82) is 0 Å². The average molecular weight is 255 g/mol. The quantitative estimate of drug-likeness (QED) is 0.604. The zero-order valence-corrected chi connectivity index (χ0v) is 10.6. The Bertz CT molecular complexity index is 600. The monoisotopic (exact) mass is 255 g/mol. The van der Waals surface area contributed by atoms with Crippen LogP contribution in [0.3, 0.4) is 0 Å². The fourth-order valence-electron chi connectivity index (χ4n) is 2.05. The van der Waals surface area contributed by atoms with E-state index in [0.29, 0.717) is 6.42 Å². The molecular formula is C16H14FNO. The Labute approximate surface area is 111 Å². The molecule has 0 aromatic heterocycles. The maximum absolute atomic E-state index is 12.9. The molecular weight excluding hydrogens is 241 g/mol. The summed E-state index contributed by atoms with van der Waals surface area (Å²) in [5.41, 5.74) is 3.06. The van der Waals surface area contributed by atoms with Gasteiger partial charge in [0.2, 0.25) is 6.08 Å². The Kier molecular flexibility index (Phi) is 4.22. The summed E-state index contributed by atoms with van der Waals surface area (Å²) in [5.74, 6) is -0.298. The van der Waals surface area contributed by atoms with Crippen LogP contribution < -0.4 is 0 Å². The van der Waals surface area contributed by atoms with Crippen molar-refractivity contribution >= 4 is 6.08 Å². The number of hydrogen-bond acceptors (Lipinski definition) is 2. The zero-order chi connectivity index (χ0) is 13.7. The van der Waals surface area contributed by atoms with Crippen molar-refractivity contribution in [3.8, 4) is 0 Å². The molecule has 1 atom stereocenters. The van der Waals surface area contributed by atoms with E-state index in [9.17, 15) is 9.18 Å². The molecule has 2 nitrogen and oxygen atoms in total. The molecule has 2 aromatic carbocycles. The molecule has 2 aromatic rings. The Hall–Kier alpha value is -2.25. The van der Waals surface area contributed by atoms with Gasteiger partial charge in [-0.25, -0.2) is 9.18 Å². The minimum atomic E-state index is -0.320. The topological polar surface area (TPSA) is 29.4 Å². The Morgan fingerprint density at radius 3 is 2.58 bits per heavy atom. The molecule has 96 valence electrons. The number of rotatable bonds is 4. The van der Waals surface area contributed by atoms with Gasteiger partial charge >= 0.3 is 0 Å². The number of isocyanates is 1. The first kappa shape index (κ1) is 13.2. The van der Waals surface area contributed by atoms with E-state index in [1.165, 1.54) is 12.1 Å². The molecule has 0 saturated heterocycles. The van der Waals surface area contributed by atoms with Crippen LogP contribution in [0, 0.1) is 12.7 Å². The van der Waals surface area contributed by atoms with Crippen LogP contribution in [-0.4, -0.2) is 6.08 Å². The number of hydrogen-bond donors (Lipinski definition) is 0. The summed E-state index contributed by atoms with van der Waals surface area (Å²) in [6.07, 6.45) is 2.20. The lowest BCUT2D eigenvalue weighted by Gasteiger charge is -2.11. The van der Waals surface area contributed by atoms with Gasteiger partial charge in [0.25, 0.3) is 0 Å². The highest BCUT2D eigenvalue weighted by Gasteiger charge is 2.11. The molecule has 0 aliphatic carbocycles. The normalized spacial score (nSPS) is 11.7. The van der Waals surface area contributed by atoms with Gasteiger partial charge in [0.05, 0.1) is 6.04 Å². The number of benzene rings is 2. The highest BCUT2D eigenvalue weighted by Crippen LogP contribution is 2.22. The molecule has 0 radical (unpaired) electrons. The van der Waals surface area contributed by atoms with E-state index in [4.69, 9.17) is 0 Å². The highest BCUT2D eigenvalue weighted by atomic mass is 19.1. The molecule has 0 aliphatic rings.